The summed E-state index contributed by atoms with van der Waals surface area (Å²) in [4.78, 5) is 17.6. The molecule has 0 bridgehead atoms. The predicted octanol–water partition coefficient (Wildman–Crippen LogP) is 2.07. The van der Waals surface area contributed by atoms with Crippen molar-refractivity contribution in [1.29, 1.82) is 5.26 Å². The van der Waals surface area contributed by atoms with Gasteiger partial charge in [0.1, 0.15) is 16.7 Å². The maximum absolute atomic E-state index is 12.6. The van der Waals surface area contributed by atoms with E-state index in [1.807, 2.05) is 26.8 Å². The number of hydrogen-bond acceptors (Lipinski definition) is 5. The molecule has 0 saturated carbocycles. The van der Waals surface area contributed by atoms with Crippen LogP contribution >= 0.6 is 0 Å². The summed E-state index contributed by atoms with van der Waals surface area (Å²) in [7, 11) is -1.41. The summed E-state index contributed by atoms with van der Waals surface area (Å²) in [6.45, 7) is 6.28. The van der Waals surface area contributed by atoms with Gasteiger partial charge < -0.3 is 9.64 Å². The number of nitrogens with zero attached hydrogens (tertiary/aromatic N) is 3. The van der Waals surface area contributed by atoms with Crippen molar-refractivity contribution < 1.29 is 13.7 Å². The first-order chi connectivity index (χ1) is 10.3. The molecule has 1 aromatic heterocycles. The molecule has 1 fully saturated rings. The predicted molar refractivity (Wildman–Crippen MR) is 81.6 cm³/mol. The van der Waals surface area contributed by atoms with Gasteiger partial charge in [-0.2, -0.15) is 5.26 Å². The molecule has 1 aromatic rings. The van der Waals surface area contributed by atoms with Gasteiger partial charge >= 0.3 is 6.09 Å². The van der Waals surface area contributed by atoms with Gasteiger partial charge in [0.15, 0.2) is 0 Å². The molecule has 7 heteroatoms. The third-order valence-corrected chi connectivity index (χ3v) is 4.88. The van der Waals surface area contributed by atoms with Crippen molar-refractivity contribution in [3.8, 4) is 6.07 Å². The highest BCUT2D eigenvalue weighted by atomic mass is 32.2. The van der Waals surface area contributed by atoms with E-state index in [9.17, 15) is 9.00 Å². The lowest BCUT2D eigenvalue weighted by Crippen LogP contribution is -2.36. The smallest absolute Gasteiger partial charge is 0.410 e. The molecule has 1 saturated heterocycles. The van der Waals surface area contributed by atoms with Gasteiger partial charge in [-0.1, -0.05) is 0 Å². The third kappa shape index (κ3) is 3.83. The van der Waals surface area contributed by atoms with Crippen molar-refractivity contribution in [2.24, 2.45) is 0 Å². The summed E-state index contributed by atoms with van der Waals surface area (Å²) in [5.74, 6) is 0. The first-order valence-corrected chi connectivity index (χ1v) is 8.27. The quantitative estimate of drug-likeness (QED) is 0.832. The molecule has 6 nitrogen and oxygen atoms in total. The van der Waals surface area contributed by atoms with Crippen LogP contribution in [0.5, 0.6) is 0 Å². The normalized spacial score (nSPS) is 19.5. The van der Waals surface area contributed by atoms with Crippen molar-refractivity contribution >= 4 is 16.9 Å². The van der Waals surface area contributed by atoms with Crippen LogP contribution in [0, 0.1) is 11.3 Å². The zero-order valence-electron chi connectivity index (χ0n) is 12.9. The van der Waals surface area contributed by atoms with Crippen molar-refractivity contribution in [3.63, 3.8) is 0 Å². The van der Waals surface area contributed by atoms with Crippen LogP contribution in [0.2, 0.25) is 0 Å². The molecule has 2 heterocycles. The maximum Gasteiger partial charge on any atom is 0.410 e. The summed E-state index contributed by atoms with van der Waals surface area (Å²) in [6.07, 6.45) is 1.73. The SMILES string of the molecule is CC(C)(C)OC(=O)N1CC[C@H]([S@](=O)c2ncccc2C#N)C1. The second-order valence-electron chi connectivity index (χ2n) is 6.10. The first kappa shape index (κ1) is 16.4. The van der Waals surface area contributed by atoms with Crippen molar-refractivity contribution in [2.75, 3.05) is 13.1 Å². The molecule has 0 aliphatic carbocycles. The fourth-order valence-electron chi connectivity index (χ4n) is 2.19. The lowest BCUT2D eigenvalue weighted by Gasteiger charge is -2.24. The lowest BCUT2D eigenvalue weighted by atomic mass is 10.2. The lowest BCUT2D eigenvalue weighted by molar-refractivity contribution is 0.0295. The Morgan fingerprint density at radius 2 is 2.27 bits per heavy atom. The molecule has 1 aliphatic rings. The van der Waals surface area contributed by atoms with Gasteiger partial charge in [0, 0.05) is 19.3 Å². The van der Waals surface area contributed by atoms with Crippen LogP contribution in [0.4, 0.5) is 4.79 Å². The van der Waals surface area contributed by atoms with Gasteiger partial charge in [-0.15, -0.1) is 0 Å². The van der Waals surface area contributed by atoms with E-state index in [1.54, 1.807) is 17.0 Å². The number of pyridine rings is 1. The minimum atomic E-state index is -1.41. The molecule has 118 valence electrons. The molecule has 22 heavy (non-hydrogen) atoms. The van der Waals surface area contributed by atoms with Crippen LogP contribution in [-0.4, -0.2) is 44.1 Å². The Labute approximate surface area is 132 Å². The molecular formula is C15H19N3O3S. The van der Waals surface area contributed by atoms with Crippen LogP contribution in [0.15, 0.2) is 23.4 Å². The average Bonchev–Trinajstić information content (AvgIpc) is 2.94. The fourth-order valence-corrected chi connectivity index (χ4v) is 3.64. The Bertz CT molecular complexity index is 634. The molecular weight excluding hydrogens is 302 g/mol. The number of carbonyl (C=O) groups excluding carboxylic acids is 1. The summed E-state index contributed by atoms with van der Waals surface area (Å²) in [6, 6.07) is 5.24. The monoisotopic (exact) mass is 321 g/mol. The second-order valence-corrected chi connectivity index (χ2v) is 7.75. The molecule has 0 unspecified atom stereocenters. The zero-order chi connectivity index (χ0) is 16.3. The molecule has 0 N–H and O–H groups in total. The molecule has 0 radical (unpaired) electrons. The molecule has 1 amide bonds. The number of rotatable bonds is 2. The highest BCUT2D eigenvalue weighted by Crippen LogP contribution is 2.22. The second kappa shape index (κ2) is 6.44. The fraction of sp³-hybridized carbons (Fsp3) is 0.533. The van der Waals surface area contributed by atoms with E-state index in [1.165, 1.54) is 6.20 Å². The Morgan fingerprint density at radius 3 is 2.91 bits per heavy atom. The van der Waals surface area contributed by atoms with Crippen LogP contribution < -0.4 is 0 Å². The van der Waals surface area contributed by atoms with Crippen molar-refractivity contribution in [2.45, 2.75) is 43.1 Å². The number of nitriles is 1. The van der Waals surface area contributed by atoms with Gasteiger partial charge in [-0.25, -0.2) is 9.78 Å². The number of hydrogen-bond donors (Lipinski definition) is 0. The highest BCUT2D eigenvalue weighted by Gasteiger charge is 2.34. The molecule has 2 atom stereocenters. The zero-order valence-corrected chi connectivity index (χ0v) is 13.7. The van der Waals surface area contributed by atoms with Crippen LogP contribution in [0.3, 0.4) is 0 Å². The van der Waals surface area contributed by atoms with E-state index in [0.717, 1.165) is 0 Å². The number of ether oxygens (including phenoxy) is 1. The summed E-state index contributed by atoms with van der Waals surface area (Å²) < 4.78 is 17.9. The highest BCUT2D eigenvalue weighted by molar-refractivity contribution is 7.85. The van der Waals surface area contributed by atoms with E-state index < -0.39 is 22.5 Å². The van der Waals surface area contributed by atoms with E-state index in [0.29, 0.717) is 30.1 Å². The van der Waals surface area contributed by atoms with E-state index in [2.05, 4.69) is 4.98 Å². The average molecular weight is 321 g/mol. The Kier molecular flexibility index (Phi) is 4.81. The minimum Gasteiger partial charge on any atom is -0.444 e. The molecule has 0 spiro atoms. The topological polar surface area (TPSA) is 83.3 Å². The summed E-state index contributed by atoms with van der Waals surface area (Å²) >= 11 is 0. The summed E-state index contributed by atoms with van der Waals surface area (Å²) in [5, 5.41) is 9.13. The van der Waals surface area contributed by atoms with E-state index in [4.69, 9.17) is 10.00 Å². The van der Waals surface area contributed by atoms with Gasteiger partial charge in [0.05, 0.1) is 21.6 Å². The Morgan fingerprint density at radius 1 is 1.55 bits per heavy atom. The van der Waals surface area contributed by atoms with Gasteiger partial charge in [-0.05, 0) is 39.3 Å². The third-order valence-electron chi connectivity index (χ3n) is 3.18. The number of aromatic nitrogens is 1. The Hall–Kier alpha value is -1.94. The molecule has 0 aromatic carbocycles. The van der Waals surface area contributed by atoms with Gasteiger partial charge in [-0.3, -0.25) is 4.21 Å². The van der Waals surface area contributed by atoms with Crippen LogP contribution in [0.1, 0.15) is 32.8 Å². The molecule has 1 aliphatic heterocycles. The van der Waals surface area contributed by atoms with Crippen molar-refractivity contribution in [1.82, 2.24) is 9.88 Å². The first-order valence-electron chi connectivity index (χ1n) is 7.05. The standard InChI is InChI=1S/C15H19N3O3S/c1-15(2,3)21-14(19)18-8-6-12(10-18)22(20)13-11(9-16)5-4-7-17-13/h4-5,7,12H,6,8,10H2,1-3H3/t12-,22-/m0/s1. The van der Waals surface area contributed by atoms with Gasteiger partial charge in [0.2, 0.25) is 0 Å². The van der Waals surface area contributed by atoms with Gasteiger partial charge in [0.25, 0.3) is 0 Å². The number of carbonyl (C=O) groups is 1. The van der Waals surface area contributed by atoms with Crippen molar-refractivity contribution in [3.05, 3.63) is 23.9 Å². The molecule has 2 rings (SSSR count). The number of likely N-dealkylation sites (tertiary alicyclic amines) is 1. The van der Waals surface area contributed by atoms with Crippen LogP contribution in [0.25, 0.3) is 0 Å². The van der Waals surface area contributed by atoms with E-state index in [-0.39, 0.29) is 5.25 Å². The minimum absolute atomic E-state index is 0.227. The van der Waals surface area contributed by atoms with E-state index >= 15 is 0 Å². The Balaban J connectivity index is 2.06. The van der Waals surface area contributed by atoms with Crippen LogP contribution in [-0.2, 0) is 15.5 Å². The number of amides is 1. The summed E-state index contributed by atoms with van der Waals surface area (Å²) in [5.41, 5.74) is -0.236. The maximum atomic E-state index is 12.6. The largest absolute Gasteiger partial charge is 0.444 e.